The van der Waals surface area contributed by atoms with Crippen molar-refractivity contribution in [2.24, 2.45) is 0 Å². The summed E-state index contributed by atoms with van der Waals surface area (Å²) in [6, 6.07) is 26.9. The second-order valence-corrected chi connectivity index (χ2v) is 18.5. The van der Waals surface area contributed by atoms with Gasteiger partial charge in [-0.05, 0) is 171 Å². The van der Waals surface area contributed by atoms with E-state index >= 15 is 0 Å². The molecule has 3 saturated carbocycles. The zero-order valence-corrected chi connectivity index (χ0v) is 27.3. The lowest BCUT2D eigenvalue weighted by molar-refractivity contribution is 0.155. The molecule has 0 unspecified atom stereocenters. The molecule has 5 heteroatoms. The molecule has 0 amide bonds. The summed E-state index contributed by atoms with van der Waals surface area (Å²) >= 11 is 2.73. The summed E-state index contributed by atoms with van der Waals surface area (Å²) in [5.74, 6) is 2.98. The summed E-state index contributed by atoms with van der Waals surface area (Å²) in [6.07, 6.45) is 19.8. The summed E-state index contributed by atoms with van der Waals surface area (Å²) < 4.78 is 19.2. The van der Waals surface area contributed by atoms with Crippen LogP contribution in [0.5, 0.6) is 17.2 Å². The molecule has 0 spiro atoms. The van der Waals surface area contributed by atoms with Gasteiger partial charge in [0.1, 0.15) is 17.2 Å². The molecule has 3 fully saturated rings. The first kappa shape index (κ1) is 29.2. The van der Waals surface area contributed by atoms with Crippen molar-refractivity contribution >= 4 is 28.4 Å². The maximum atomic E-state index is 6.38. The number of rotatable bonds is 9. The number of ether oxygens (including phenoxy) is 3. The Kier molecular flexibility index (Phi) is 10.0. The van der Waals surface area contributed by atoms with Crippen LogP contribution in [0, 0.1) is 0 Å². The van der Waals surface area contributed by atoms with Crippen LogP contribution in [0.15, 0.2) is 87.5 Å². The van der Waals surface area contributed by atoms with Crippen molar-refractivity contribution in [3.8, 4) is 17.2 Å². The van der Waals surface area contributed by atoms with Gasteiger partial charge < -0.3 is 14.2 Å². The van der Waals surface area contributed by atoms with Crippen molar-refractivity contribution < 1.29 is 14.2 Å². The topological polar surface area (TPSA) is 27.7 Å². The first-order chi connectivity index (χ1) is 20.2. The SMILES string of the molecule is IS(c1ccc(OC2CCCCC2)cc1)(c1ccc(OC2CCCCC2)cc1)c1ccc(OC2CCCCC2)cc1. The van der Waals surface area contributed by atoms with E-state index in [9.17, 15) is 0 Å². The lowest BCUT2D eigenvalue weighted by Gasteiger charge is -2.35. The predicted molar refractivity (Wildman–Crippen MR) is 178 cm³/mol. The van der Waals surface area contributed by atoms with E-state index in [2.05, 4.69) is 94.0 Å². The zero-order chi connectivity index (χ0) is 27.9. The van der Waals surface area contributed by atoms with E-state index in [1.165, 1.54) is 111 Å². The average Bonchev–Trinajstić information content (AvgIpc) is 3.03. The molecule has 6 rings (SSSR count). The first-order valence-electron chi connectivity index (χ1n) is 16.0. The summed E-state index contributed by atoms with van der Waals surface area (Å²) in [5.41, 5.74) is 0. The highest BCUT2D eigenvalue weighted by Gasteiger charge is 2.29. The smallest absolute Gasteiger partial charge is 0.119 e. The molecular formula is C36H45IO3S. The van der Waals surface area contributed by atoms with Gasteiger partial charge in [0.2, 0.25) is 0 Å². The van der Waals surface area contributed by atoms with Crippen molar-refractivity contribution in [1.29, 1.82) is 0 Å². The van der Waals surface area contributed by atoms with Gasteiger partial charge in [-0.2, -0.15) is 0 Å². The van der Waals surface area contributed by atoms with E-state index < -0.39 is 7.20 Å². The Bertz CT molecular complexity index is 1060. The fraction of sp³-hybridized carbons (Fsp3) is 0.500. The summed E-state index contributed by atoms with van der Waals surface area (Å²) in [5, 5.41) is 0. The molecule has 0 aliphatic heterocycles. The molecule has 3 aliphatic carbocycles. The van der Waals surface area contributed by atoms with Gasteiger partial charge in [0.25, 0.3) is 0 Å². The molecule has 220 valence electrons. The number of benzene rings is 3. The van der Waals surface area contributed by atoms with E-state index in [0.717, 1.165) is 17.2 Å². The molecule has 0 N–H and O–H groups in total. The largest absolute Gasteiger partial charge is 0.490 e. The fourth-order valence-corrected chi connectivity index (χ4v) is 11.6. The highest BCUT2D eigenvalue weighted by Crippen LogP contribution is 2.74. The molecule has 3 nitrogen and oxygen atoms in total. The first-order valence-corrected chi connectivity index (χ1v) is 20.2. The monoisotopic (exact) mass is 684 g/mol. The number of hydrogen-bond acceptors (Lipinski definition) is 3. The van der Waals surface area contributed by atoms with Gasteiger partial charge in [-0.1, -0.05) is 19.3 Å². The molecule has 0 radical (unpaired) electrons. The van der Waals surface area contributed by atoms with Crippen molar-refractivity contribution in [3.05, 3.63) is 72.8 Å². The Morgan fingerprint density at radius 3 is 0.878 bits per heavy atom. The average molecular weight is 685 g/mol. The lowest BCUT2D eigenvalue weighted by atomic mass is 9.98. The summed E-state index contributed by atoms with van der Waals surface area (Å²) in [7, 11) is -1.52. The molecule has 0 bridgehead atoms. The van der Waals surface area contributed by atoms with Gasteiger partial charge >= 0.3 is 0 Å². The van der Waals surface area contributed by atoms with Gasteiger partial charge in [0.15, 0.2) is 0 Å². The van der Waals surface area contributed by atoms with Crippen LogP contribution in [0.3, 0.4) is 0 Å². The molecule has 41 heavy (non-hydrogen) atoms. The molecule has 0 aromatic heterocycles. The quantitative estimate of drug-likeness (QED) is 0.210. The third-order valence-corrected chi connectivity index (χ3v) is 16.4. The van der Waals surface area contributed by atoms with Gasteiger partial charge in [-0.3, -0.25) is 0 Å². The van der Waals surface area contributed by atoms with Crippen LogP contribution in [0.25, 0.3) is 0 Å². The Hall–Kier alpha value is -1.86. The van der Waals surface area contributed by atoms with Crippen molar-refractivity contribution in [2.75, 3.05) is 0 Å². The van der Waals surface area contributed by atoms with Crippen LogP contribution in [0.2, 0.25) is 0 Å². The second-order valence-electron chi connectivity index (χ2n) is 12.1. The minimum atomic E-state index is -1.52. The molecule has 0 saturated heterocycles. The van der Waals surface area contributed by atoms with Gasteiger partial charge in [-0.25, -0.2) is 0 Å². The molecule has 3 aromatic rings. The highest BCUT2D eigenvalue weighted by atomic mass is 127. The summed E-state index contributed by atoms with van der Waals surface area (Å²) in [4.78, 5) is 3.99. The van der Waals surface area contributed by atoms with E-state index in [1.807, 2.05) is 0 Å². The Balaban J connectivity index is 1.26. The van der Waals surface area contributed by atoms with E-state index in [-0.39, 0.29) is 0 Å². The van der Waals surface area contributed by atoms with Gasteiger partial charge in [-0.15, -0.1) is 7.20 Å². The van der Waals surface area contributed by atoms with Crippen molar-refractivity contribution in [2.45, 2.75) is 129 Å². The number of halogens is 1. The van der Waals surface area contributed by atoms with Crippen LogP contribution in [-0.4, -0.2) is 18.3 Å². The van der Waals surface area contributed by atoms with Gasteiger partial charge in [0.05, 0.1) is 18.3 Å². The van der Waals surface area contributed by atoms with Gasteiger partial charge in [0, 0.05) is 14.7 Å². The highest BCUT2D eigenvalue weighted by molar-refractivity contribution is 14.2. The van der Waals surface area contributed by atoms with Crippen LogP contribution < -0.4 is 14.2 Å². The predicted octanol–water partition coefficient (Wildman–Crippen LogP) is 11.5. The van der Waals surface area contributed by atoms with Crippen molar-refractivity contribution in [3.63, 3.8) is 0 Å². The number of hydrogen-bond donors (Lipinski definition) is 0. The zero-order valence-electron chi connectivity index (χ0n) is 24.3. The Labute approximate surface area is 260 Å². The Morgan fingerprint density at radius 1 is 0.390 bits per heavy atom. The normalized spacial score (nSPS) is 19.9. The van der Waals surface area contributed by atoms with E-state index in [4.69, 9.17) is 14.2 Å². The molecule has 3 aliphatic rings. The molecule has 0 heterocycles. The van der Waals surface area contributed by atoms with Crippen molar-refractivity contribution in [1.82, 2.24) is 0 Å². The molecule has 3 aromatic carbocycles. The maximum absolute atomic E-state index is 6.38. The van der Waals surface area contributed by atoms with Crippen LogP contribution in [0.1, 0.15) is 96.3 Å². The standard InChI is InChI=1S/C36H45IO3S/c37-41(34-22-16-31(17-23-34)38-28-10-4-1-5-11-28,35-24-18-32(19-25-35)39-29-12-6-2-7-13-29)36-26-20-33(21-27-36)40-30-14-8-3-9-15-30/h16-30H,1-15H2. The third kappa shape index (κ3) is 7.38. The minimum Gasteiger partial charge on any atom is -0.490 e. The molecular weight excluding hydrogens is 639 g/mol. The van der Waals surface area contributed by atoms with E-state index in [0.29, 0.717) is 18.3 Å². The summed E-state index contributed by atoms with van der Waals surface area (Å²) in [6.45, 7) is 0. The fourth-order valence-electron chi connectivity index (χ4n) is 6.65. The third-order valence-electron chi connectivity index (χ3n) is 9.01. The maximum Gasteiger partial charge on any atom is 0.119 e. The van der Waals surface area contributed by atoms with Crippen LogP contribution in [0.4, 0.5) is 0 Å². The Morgan fingerprint density at radius 2 is 0.634 bits per heavy atom. The van der Waals surface area contributed by atoms with Crippen LogP contribution >= 0.6 is 28.4 Å². The van der Waals surface area contributed by atoms with E-state index in [1.54, 1.807) is 0 Å². The minimum absolute atomic E-state index is 0.361. The second kappa shape index (κ2) is 14.1. The van der Waals surface area contributed by atoms with Crippen LogP contribution in [-0.2, 0) is 0 Å². The molecule has 0 atom stereocenters. The lowest BCUT2D eigenvalue weighted by Crippen LogP contribution is -2.19.